The lowest BCUT2D eigenvalue weighted by molar-refractivity contribution is -0.121. The fourth-order valence-corrected chi connectivity index (χ4v) is 1.74. The van der Waals surface area contributed by atoms with Gasteiger partial charge in [-0.2, -0.15) is 0 Å². The van der Waals surface area contributed by atoms with E-state index in [0.717, 1.165) is 4.91 Å². The van der Waals surface area contributed by atoms with Crippen LogP contribution in [0.4, 0.5) is 0 Å². The number of carbonyl (C=O) groups excluding carboxylic acids is 1. The number of hydrogen-bond acceptors (Lipinski definition) is 3. The van der Waals surface area contributed by atoms with Gasteiger partial charge in [-0.25, -0.2) is 0 Å². The van der Waals surface area contributed by atoms with Crippen LogP contribution >= 0.6 is 24.0 Å². The number of nitrogens with zero attached hydrogens (tertiary/aromatic N) is 1. The molecule has 4 heteroatoms. The second-order valence-corrected chi connectivity index (χ2v) is 3.56. The van der Waals surface area contributed by atoms with Crippen molar-refractivity contribution in [1.29, 1.82) is 0 Å². The molecule has 1 aliphatic heterocycles. The van der Waals surface area contributed by atoms with Crippen molar-refractivity contribution in [2.75, 3.05) is 7.05 Å². The van der Waals surface area contributed by atoms with E-state index in [2.05, 4.69) is 0 Å². The lowest BCUT2D eigenvalue weighted by Gasteiger charge is -2.02. The predicted octanol–water partition coefficient (Wildman–Crippen LogP) is 1.38. The molecule has 0 saturated carbocycles. The highest BCUT2D eigenvalue weighted by atomic mass is 32.2. The molecule has 0 N–H and O–H groups in total. The molecule has 1 heterocycles. The fourth-order valence-electron chi connectivity index (χ4n) is 0.637. The molecule has 1 aliphatic rings. The van der Waals surface area contributed by atoms with Gasteiger partial charge < -0.3 is 0 Å². The average Bonchev–Trinajstić information content (AvgIpc) is 2.17. The van der Waals surface area contributed by atoms with E-state index >= 15 is 0 Å². The van der Waals surface area contributed by atoms with Gasteiger partial charge in [-0.05, 0) is 6.92 Å². The number of carbonyl (C=O) groups is 1. The summed E-state index contributed by atoms with van der Waals surface area (Å²) >= 11 is 6.24. The Morgan fingerprint density at radius 1 is 1.70 bits per heavy atom. The van der Waals surface area contributed by atoms with Crippen LogP contribution in [0.3, 0.4) is 0 Å². The van der Waals surface area contributed by atoms with Gasteiger partial charge >= 0.3 is 0 Å². The summed E-state index contributed by atoms with van der Waals surface area (Å²) in [7, 11) is 1.69. The number of hydrogen-bond donors (Lipinski definition) is 0. The zero-order valence-electron chi connectivity index (χ0n) is 5.75. The maximum atomic E-state index is 11.1. The molecule has 0 bridgehead atoms. The van der Waals surface area contributed by atoms with E-state index in [1.807, 2.05) is 6.92 Å². The minimum absolute atomic E-state index is 0.0116. The van der Waals surface area contributed by atoms with E-state index in [0.29, 0.717) is 4.32 Å². The quantitative estimate of drug-likeness (QED) is 0.408. The summed E-state index contributed by atoms with van der Waals surface area (Å²) in [6, 6.07) is 0. The molecule has 0 aliphatic carbocycles. The van der Waals surface area contributed by atoms with E-state index in [1.165, 1.54) is 16.7 Å². The van der Waals surface area contributed by atoms with Gasteiger partial charge in [0.15, 0.2) is 0 Å². The van der Waals surface area contributed by atoms with Crippen molar-refractivity contribution < 1.29 is 4.79 Å². The molecule has 54 valence electrons. The molecule has 1 fully saturated rings. The number of thiocarbonyl (C=S) groups is 1. The van der Waals surface area contributed by atoms with E-state index in [9.17, 15) is 4.79 Å². The molecular weight excluding hydrogens is 166 g/mol. The number of allylic oxidation sites excluding steroid dienone is 1. The maximum absolute atomic E-state index is 11.1. The Morgan fingerprint density at radius 2 is 2.30 bits per heavy atom. The first-order valence-corrected chi connectivity index (χ1v) is 4.05. The molecule has 0 unspecified atom stereocenters. The molecule has 10 heavy (non-hydrogen) atoms. The summed E-state index contributed by atoms with van der Waals surface area (Å²) in [5.74, 6) is 0.0116. The van der Waals surface area contributed by atoms with Gasteiger partial charge in [0.25, 0.3) is 5.91 Å². The average molecular weight is 173 g/mol. The highest BCUT2D eigenvalue weighted by Crippen LogP contribution is 2.28. The third-order valence-corrected chi connectivity index (χ3v) is 2.85. The van der Waals surface area contributed by atoms with Crippen molar-refractivity contribution in [3.8, 4) is 0 Å². The first kappa shape index (κ1) is 7.75. The van der Waals surface area contributed by atoms with Crippen LogP contribution in [0.5, 0.6) is 0 Å². The molecule has 2 nitrogen and oxygen atoms in total. The van der Waals surface area contributed by atoms with E-state index in [1.54, 1.807) is 13.1 Å². The Labute approximate surface area is 69.3 Å². The normalized spacial score (nSPS) is 23.0. The number of likely N-dealkylation sites (N-methyl/N-ethyl adjacent to an activating group) is 1. The van der Waals surface area contributed by atoms with Crippen molar-refractivity contribution in [3.05, 3.63) is 11.0 Å². The highest BCUT2D eigenvalue weighted by molar-refractivity contribution is 8.26. The Hall–Kier alpha value is -0.350. The van der Waals surface area contributed by atoms with Gasteiger partial charge in [-0.15, -0.1) is 0 Å². The third kappa shape index (κ3) is 1.09. The van der Waals surface area contributed by atoms with Crippen LogP contribution in [-0.4, -0.2) is 22.2 Å². The zero-order valence-corrected chi connectivity index (χ0v) is 7.38. The van der Waals surface area contributed by atoms with Gasteiger partial charge in [-0.3, -0.25) is 9.69 Å². The fraction of sp³-hybridized carbons (Fsp3) is 0.333. The molecule has 0 spiro atoms. The van der Waals surface area contributed by atoms with Crippen LogP contribution in [-0.2, 0) is 4.79 Å². The lowest BCUT2D eigenvalue weighted by Crippen LogP contribution is -2.22. The van der Waals surface area contributed by atoms with Gasteiger partial charge in [0.2, 0.25) is 0 Å². The van der Waals surface area contributed by atoms with Crippen LogP contribution in [0.15, 0.2) is 11.0 Å². The molecule has 1 amide bonds. The van der Waals surface area contributed by atoms with Crippen molar-refractivity contribution in [3.63, 3.8) is 0 Å². The van der Waals surface area contributed by atoms with Gasteiger partial charge in [0.05, 0.1) is 4.91 Å². The van der Waals surface area contributed by atoms with Crippen LogP contribution in [0.2, 0.25) is 0 Å². The van der Waals surface area contributed by atoms with E-state index in [4.69, 9.17) is 12.2 Å². The largest absolute Gasteiger partial charge is 0.296 e. The topological polar surface area (TPSA) is 20.3 Å². The Bertz CT molecular complexity index is 222. The van der Waals surface area contributed by atoms with Crippen LogP contribution in [0, 0.1) is 0 Å². The molecular formula is C6H7NOS2. The minimum Gasteiger partial charge on any atom is -0.296 e. The minimum atomic E-state index is 0.0116. The van der Waals surface area contributed by atoms with Gasteiger partial charge in [0, 0.05) is 7.05 Å². The third-order valence-electron chi connectivity index (χ3n) is 1.25. The SMILES string of the molecule is CC=C1SC(=S)N(C)C1=O. The van der Waals surface area contributed by atoms with Crippen molar-refractivity contribution in [2.45, 2.75) is 6.92 Å². The molecule has 1 rings (SSSR count). The molecule has 0 aromatic rings. The van der Waals surface area contributed by atoms with E-state index in [-0.39, 0.29) is 5.91 Å². The lowest BCUT2D eigenvalue weighted by atomic mass is 10.5. The summed E-state index contributed by atoms with van der Waals surface area (Å²) in [6.07, 6.45) is 1.78. The highest BCUT2D eigenvalue weighted by Gasteiger charge is 2.27. The Kier molecular flexibility index (Phi) is 2.11. The summed E-state index contributed by atoms with van der Waals surface area (Å²) < 4.78 is 0.637. The summed E-state index contributed by atoms with van der Waals surface area (Å²) in [6.45, 7) is 1.84. The zero-order chi connectivity index (χ0) is 7.72. The predicted molar refractivity (Wildman–Crippen MR) is 46.7 cm³/mol. The van der Waals surface area contributed by atoms with Gasteiger partial charge in [0.1, 0.15) is 4.32 Å². The molecule has 0 atom stereocenters. The summed E-state index contributed by atoms with van der Waals surface area (Å²) in [5, 5.41) is 0. The Morgan fingerprint density at radius 3 is 2.50 bits per heavy atom. The van der Waals surface area contributed by atoms with Crippen LogP contribution in [0.1, 0.15) is 6.92 Å². The van der Waals surface area contributed by atoms with Crippen LogP contribution < -0.4 is 0 Å². The molecule has 0 aromatic heterocycles. The summed E-state index contributed by atoms with van der Waals surface area (Å²) in [5.41, 5.74) is 0. The molecule has 1 saturated heterocycles. The first-order chi connectivity index (χ1) is 4.66. The maximum Gasteiger partial charge on any atom is 0.265 e. The molecule has 0 radical (unpaired) electrons. The second kappa shape index (κ2) is 2.72. The first-order valence-electron chi connectivity index (χ1n) is 2.83. The van der Waals surface area contributed by atoms with Crippen molar-refractivity contribution >= 4 is 34.2 Å². The van der Waals surface area contributed by atoms with Gasteiger partial charge in [-0.1, -0.05) is 30.1 Å². The number of thioether (sulfide) groups is 1. The monoisotopic (exact) mass is 173 g/mol. The van der Waals surface area contributed by atoms with Crippen LogP contribution in [0.25, 0.3) is 0 Å². The van der Waals surface area contributed by atoms with E-state index < -0.39 is 0 Å². The second-order valence-electron chi connectivity index (χ2n) is 1.89. The smallest absolute Gasteiger partial charge is 0.265 e. The molecule has 0 aromatic carbocycles. The summed E-state index contributed by atoms with van der Waals surface area (Å²) in [4.78, 5) is 13.3. The van der Waals surface area contributed by atoms with Crippen molar-refractivity contribution in [1.82, 2.24) is 4.90 Å². The number of amides is 1. The Balaban J connectivity index is 2.92. The standard InChI is InChI=1S/C6H7NOS2/c1-3-4-5(8)7(2)6(9)10-4/h3H,1-2H3. The number of rotatable bonds is 0. The van der Waals surface area contributed by atoms with Crippen molar-refractivity contribution in [2.24, 2.45) is 0 Å².